The summed E-state index contributed by atoms with van der Waals surface area (Å²) in [5, 5.41) is 8.23. The summed E-state index contributed by atoms with van der Waals surface area (Å²) in [5.74, 6) is -0.316. The number of amides is 1. The van der Waals surface area contributed by atoms with Crippen molar-refractivity contribution in [1.82, 2.24) is 9.78 Å². The Hall–Kier alpha value is -1.23. The van der Waals surface area contributed by atoms with Gasteiger partial charge in [0.2, 0.25) is 0 Å². The molecule has 0 aliphatic rings. The van der Waals surface area contributed by atoms with E-state index < -0.39 is 0 Å². The maximum absolute atomic E-state index is 12.4. The second-order valence-electron chi connectivity index (χ2n) is 4.91. The number of hydrogen-bond donors (Lipinski definition) is 1. The van der Waals surface area contributed by atoms with Gasteiger partial charge >= 0.3 is 0 Å². The van der Waals surface area contributed by atoms with Gasteiger partial charge in [-0.05, 0) is 31.5 Å². The van der Waals surface area contributed by atoms with Gasteiger partial charge in [0.1, 0.15) is 5.15 Å². The lowest BCUT2D eigenvalue weighted by molar-refractivity contribution is 0.102. The van der Waals surface area contributed by atoms with Crippen LogP contribution in [0.25, 0.3) is 0 Å². The number of nitrogens with one attached hydrogen (secondary N) is 1. The summed E-state index contributed by atoms with van der Waals surface area (Å²) >= 11 is 18.1. The first-order valence-electron chi connectivity index (χ1n) is 6.93. The van der Waals surface area contributed by atoms with Gasteiger partial charge in [0.05, 0.1) is 21.3 Å². The van der Waals surface area contributed by atoms with Gasteiger partial charge in [-0.25, -0.2) is 0 Å². The minimum atomic E-state index is -0.316. The monoisotopic (exact) mass is 359 g/mol. The Morgan fingerprint density at radius 2 is 2.00 bits per heavy atom. The van der Waals surface area contributed by atoms with E-state index in [2.05, 4.69) is 17.3 Å². The van der Waals surface area contributed by atoms with Crippen molar-refractivity contribution in [3.05, 3.63) is 44.7 Å². The summed E-state index contributed by atoms with van der Waals surface area (Å²) < 4.78 is 1.66. The minimum Gasteiger partial charge on any atom is -0.322 e. The van der Waals surface area contributed by atoms with Crippen LogP contribution in [0.15, 0.2) is 18.2 Å². The number of unbranched alkanes of at least 4 members (excludes halogenated alkanes) is 1. The van der Waals surface area contributed by atoms with Crippen molar-refractivity contribution < 1.29 is 4.79 Å². The first-order valence-corrected chi connectivity index (χ1v) is 8.06. The van der Waals surface area contributed by atoms with Crippen LogP contribution in [0, 0.1) is 6.92 Å². The molecule has 4 nitrogen and oxygen atoms in total. The second kappa shape index (κ2) is 7.36. The molecular formula is C15H16Cl3N3O. The Bertz CT molecular complexity index is 698. The molecule has 0 aliphatic carbocycles. The molecule has 0 unspecified atom stereocenters. The zero-order valence-electron chi connectivity index (χ0n) is 12.3. The fourth-order valence-corrected chi connectivity index (χ4v) is 2.68. The van der Waals surface area contributed by atoms with Crippen LogP contribution in [-0.2, 0) is 6.54 Å². The first-order chi connectivity index (χ1) is 10.4. The molecule has 1 aromatic carbocycles. The van der Waals surface area contributed by atoms with Crippen LogP contribution in [-0.4, -0.2) is 15.7 Å². The zero-order valence-corrected chi connectivity index (χ0v) is 14.6. The highest BCUT2D eigenvalue weighted by Gasteiger charge is 2.20. The van der Waals surface area contributed by atoms with Crippen LogP contribution in [0.5, 0.6) is 0 Å². The van der Waals surface area contributed by atoms with E-state index in [1.165, 1.54) is 0 Å². The van der Waals surface area contributed by atoms with Crippen LogP contribution in [0.1, 0.15) is 35.8 Å². The summed E-state index contributed by atoms with van der Waals surface area (Å²) in [7, 11) is 0. The van der Waals surface area contributed by atoms with Gasteiger partial charge in [-0.2, -0.15) is 5.10 Å². The minimum absolute atomic E-state index is 0.316. The lowest BCUT2D eigenvalue weighted by Crippen LogP contribution is -2.13. The van der Waals surface area contributed by atoms with E-state index in [-0.39, 0.29) is 5.91 Å². The van der Waals surface area contributed by atoms with Crippen molar-refractivity contribution in [2.24, 2.45) is 0 Å². The normalized spacial score (nSPS) is 10.8. The van der Waals surface area contributed by atoms with Crippen molar-refractivity contribution in [3.8, 4) is 0 Å². The van der Waals surface area contributed by atoms with Gasteiger partial charge in [0, 0.05) is 12.2 Å². The van der Waals surface area contributed by atoms with E-state index in [1.54, 1.807) is 29.8 Å². The van der Waals surface area contributed by atoms with Gasteiger partial charge in [-0.1, -0.05) is 48.1 Å². The van der Waals surface area contributed by atoms with Crippen LogP contribution in [0.3, 0.4) is 0 Å². The van der Waals surface area contributed by atoms with Gasteiger partial charge in [-0.3, -0.25) is 9.48 Å². The summed E-state index contributed by atoms with van der Waals surface area (Å²) in [5.41, 5.74) is 1.53. The summed E-state index contributed by atoms with van der Waals surface area (Å²) in [6.45, 7) is 4.54. The number of benzene rings is 1. The Morgan fingerprint density at radius 3 is 2.64 bits per heavy atom. The molecule has 0 atom stereocenters. The number of carbonyl (C=O) groups is 1. The quantitative estimate of drug-likeness (QED) is 0.796. The van der Waals surface area contributed by atoms with E-state index in [4.69, 9.17) is 34.8 Å². The molecule has 0 saturated heterocycles. The molecule has 1 aromatic heterocycles. The third-order valence-electron chi connectivity index (χ3n) is 3.19. The summed E-state index contributed by atoms with van der Waals surface area (Å²) in [6.07, 6.45) is 1.98. The highest BCUT2D eigenvalue weighted by molar-refractivity contribution is 6.42. The van der Waals surface area contributed by atoms with Crippen molar-refractivity contribution in [2.45, 2.75) is 33.2 Å². The number of aromatic nitrogens is 2. The molecule has 2 aromatic rings. The largest absolute Gasteiger partial charge is 0.322 e. The molecule has 1 N–H and O–H groups in total. The number of rotatable bonds is 5. The van der Waals surface area contributed by atoms with Crippen molar-refractivity contribution in [2.75, 3.05) is 5.32 Å². The highest BCUT2D eigenvalue weighted by atomic mass is 35.5. The van der Waals surface area contributed by atoms with Crippen molar-refractivity contribution in [3.63, 3.8) is 0 Å². The van der Waals surface area contributed by atoms with Crippen LogP contribution in [0.2, 0.25) is 15.2 Å². The second-order valence-corrected chi connectivity index (χ2v) is 6.08. The predicted octanol–water partition coefficient (Wildman–Crippen LogP) is 5.20. The number of halogens is 3. The maximum atomic E-state index is 12.4. The predicted molar refractivity (Wildman–Crippen MR) is 91.3 cm³/mol. The van der Waals surface area contributed by atoms with E-state index in [1.807, 2.05) is 0 Å². The summed E-state index contributed by atoms with van der Waals surface area (Å²) in [4.78, 5) is 12.4. The molecule has 0 bridgehead atoms. The number of aryl methyl sites for hydroxylation is 2. The lowest BCUT2D eigenvalue weighted by Gasteiger charge is -2.06. The third kappa shape index (κ3) is 3.75. The van der Waals surface area contributed by atoms with Gasteiger partial charge in [0.25, 0.3) is 5.91 Å². The van der Waals surface area contributed by atoms with E-state index >= 15 is 0 Å². The molecule has 0 radical (unpaired) electrons. The summed E-state index contributed by atoms with van der Waals surface area (Å²) in [6, 6.07) is 4.89. The van der Waals surface area contributed by atoms with Crippen LogP contribution >= 0.6 is 34.8 Å². The van der Waals surface area contributed by atoms with E-state index in [0.29, 0.717) is 38.7 Å². The number of nitrogens with zero attached hydrogens (tertiary/aromatic N) is 2. The average molecular weight is 361 g/mol. The molecule has 22 heavy (non-hydrogen) atoms. The molecule has 0 spiro atoms. The number of anilines is 1. The van der Waals surface area contributed by atoms with Gasteiger partial charge < -0.3 is 5.32 Å². The molecule has 0 saturated carbocycles. The molecule has 7 heteroatoms. The number of hydrogen-bond acceptors (Lipinski definition) is 2. The maximum Gasteiger partial charge on any atom is 0.260 e. The third-order valence-corrected chi connectivity index (χ3v) is 4.32. The van der Waals surface area contributed by atoms with E-state index in [0.717, 1.165) is 12.8 Å². The molecular weight excluding hydrogens is 345 g/mol. The first kappa shape index (κ1) is 17.1. The smallest absolute Gasteiger partial charge is 0.260 e. The molecule has 1 amide bonds. The fourth-order valence-electron chi connectivity index (χ4n) is 2.03. The standard InChI is InChI=1S/C15H16Cl3N3O/c1-3-4-7-21-14(18)13(9(2)20-21)15(22)19-10-5-6-11(16)12(17)8-10/h5-6,8H,3-4,7H2,1-2H3,(H,19,22). The Balaban J connectivity index is 2.22. The van der Waals surface area contributed by atoms with Crippen LogP contribution < -0.4 is 5.32 Å². The highest BCUT2D eigenvalue weighted by Crippen LogP contribution is 2.26. The van der Waals surface area contributed by atoms with Gasteiger partial charge in [0.15, 0.2) is 0 Å². The molecule has 2 rings (SSSR count). The average Bonchev–Trinajstić information content (AvgIpc) is 2.75. The van der Waals surface area contributed by atoms with Crippen molar-refractivity contribution in [1.29, 1.82) is 0 Å². The fraction of sp³-hybridized carbons (Fsp3) is 0.333. The molecule has 0 aliphatic heterocycles. The Kier molecular flexibility index (Phi) is 5.73. The Labute approximate surface area is 144 Å². The SMILES string of the molecule is CCCCn1nc(C)c(C(=O)Nc2ccc(Cl)c(Cl)c2)c1Cl. The Morgan fingerprint density at radius 1 is 1.27 bits per heavy atom. The topological polar surface area (TPSA) is 46.9 Å². The molecule has 0 fully saturated rings. The number of carbonyl (C=O) groups excluding carboxylic acids is 1. The molecule has 1 heterocycles. The van der Waals surface area contributed by atoms with Crippen LogP contribution in [0.4, 0.5) is 5.69 Å². The van der Waals surface area contributed by atoms with Crippen molar-refractivity contribution >= 4 is 46.4 Å². The van der Waals surface area contributed by atoms with E-state index in [9.17, 15) is 4.79 Å². The molecule has 118 valence electrons. The lowest BCUT2D eigenvalue weighted by atomic mass is 10.2. The van der Waals surface area contributed by atoms with Gasteiger partial charge in [-0.15, -0.1) is 0 Å². The zero-order chi connectivity index (χ0) is 16.3.